The molecule has 7 nitrogen and oxygen atoms in total. The van der Waals surface area contributed by atoms with Gasteiger partial charge in [-0.2, -0.15) is 0 Å². The second-order valence-corrected chi connectivity index (χ2v) is 9.70. The van der Waals surface area contributed by atoms with Gasteiger partial charge in [-0.15, -0.1) is 0 Å². The molecule has 1 saturated heterocycles. The minimum atomic E-state index is -0.182. The zero-order valence-corrected chi connectivity index (χ0v) is 21.0. The number of nitrogen functional groups attached to an aromatic ring is 1. The lowest BCUT2D eigenvalue weighted by atomic mass is 9.81. The van der Waals surface area contributed by atoms with Crippen LogP contribution in [0.2, 0.25) is 0 Å². The summed E-state index contributed by atoms with van der Waals surface area (Å²) in [6, 6.07) is 19.4. The van der Waals surface area contributed by atoms with Crippen LogP contribution >= 0.6 is 0 Å². The quantitative estimate of drug-likeness (QED) is 0.306. The molecule has 186 valence electrons. The Morgan fingerprint density at radius 1 is 0.833 bits per heavy atom. The molecule has 0 atom stereocenters. The van der Waals surface area contributed by atoms with Crippen molar-refractivity contribution in [3.8, 4) is 0 Å². The highest BCUT2D eigenvalue weighted by molar-refractivity contribution is 6.32. The van der Waals surface area contributed by atoms with Crippen molar-refractivity contribution in [3.05, 3.63) is 82.9 Å². The first-order chi connectivity index (χ1) is 17.5. The Labute approximate surface area is 212 Å². The summed E-state index contributed by atoms with van der Waals surface area (Å²) in [7, 11) is 4.08. The van der Waals surface area contributed by atoms with Crippen molar-refractivity contribution in [2.75, 3.05) is 74.2 Å². The molecule has 0 saturated carbocycles. The third kappa shape index (κ3) is 4.42. The van der Waals surface area contributed by atoms with Crippen LogP contribution in [0.3, 0.4) is 0 Å². The van der Waals surface area contributed by atoms with Crippen molar-refractivity contribution in [2.24, 2.45) is 0 Å². The average molecular weight is 484 g/mol. The summed E-state index contributed by atoms with van der Waals surface area (Å²) in [5.41, 5.74) is 11.4. The van der Waals surface area contributed by atoms with Gasteiger partial charge in [0.25, 0.3) is 0 Å². The maximum absolute atomic E-state index is 13.6. The van der Waals surface area contributed by atoms with Gasteiger partial charge in [-0.05, 0) is 45.3 Å². The number of ketones is 2. The molecule has 36 heavy (non-hydrogen) atoms. The van der Waals surface area contributed by atoms with Crippen molar-refractivity contribution in [2.45, 2.75) is 6.42 Å². The van der Waals surface area contributed by atoms with Gasteiger partial charge in [0.2, 0.25) is 0 Å². The summed E-state index contributed by atoms with van der Waals surface area (Å²) in [6.45, 7) is 4.87. The van der Waals surface area contributed by atoms with Gasteiger partial charge in [-0.25, -0.2) is 0 Å². The largest absolute Gasteiger partial charge is 0.396 e. The summed E-state index contributed by atoms with van der Waals surface area (Å²) < 4.78 is 0. The van der Waals surface area contributed by atoms with E-state index in [9.17, 15) is 9.59 Å². The van der Waals surface area contributed by atoms with E-state index in [4.69, 9.17) is 5.73 Å². The molecule has 0 spiro atoms. The molecule has 0 radical (unpaired) electrons. The monoisotopic (exact) mass is 483 g/mol. The molecule has 1 aliphatic heterocycles. The number of benzene rings is 3. The lowest BCUT2D eigenvalue weighted by Crippen LogP contribution is -2.47. The number of para-hydroxylation sites is 1. The van der Waals surface area contributed by atoms with Crippen molar-refractivity contribution >= 4 is 34.3 Å². The number of rotatable bonds is 7. The third-order valence-electron chi connectivity index (χ3n) is 7.06. The maximum atomic E-state index is 13.6. The van der Waals surface area contributed by atoms with Crippen molar-refractivity contribution < 1.29 is 9.59 Å². The molecule has 1 fully saturated rings. The number of anilines is 4. The first-order valence-electron chi connectivity index (χ1n) is 12.5. The predicted octanol–water partition coefficient (Wildman–Crippen LogP) is 3.73. The number of hydrogen-bond acceptors (Lipinski definition) is 7. The van der Waals surface area contributed by atoms with E-state index < -0.39 is 0 Å². The van der Waals surface area contributed by atoms with Crippen LogP contribution in [0.25, 0.3) is 0 Å². The lowest BCUT2D eigenvalue weighted by molar-refractivity contribution is 0.0980. The Balaban J connectivity index is 1.49. The van der Waals surface area contributed by atoms with E-state index in [-0.39, 0.29) is 11.6 Å². The van der Waals surface area contributed by atoms with E-state index in [1.807, 2.05) is 26.2 Å². The van der Waals surface area contributed by atoms with E-state index in [1.54, 1.807) is 24.3 Å². The second kappa shape index (κ2) is 10.0. The van der Waals surface area contributed by atoms with Gasteiger partial charge >= 0.3 is 0 Å². The van der Waals surface area contributed by atoms with Gasteiger partial charge in [0.1, 0.15) is 0 Å². The normalized spacial score (nSPS) is 15.2. The Morgan fingerprint density at radius 3 is 2.06 bits per heavy atom. The first kappa shape index (κ1) is 23.9. The Bertz CT molecular complexity index is 1280. The summed E-state index contributed by atoms with van der Waals surface area (Å²) in [6.07, 6.45) is 0.913. The van der Waals surface area contributed by atoms with Gasteiger partial charge in [-0.1, -0.05) is 42.5 Å². The van der Waals surface area contributed by atoms with Gasteiger partial charge < -0.3 is 25.8 Å². The average Bonchev–Trinajstić information content (AvgIpc) is 2.90. The number of piperazine rings is 1. The molecule has 2 aliphatic rings. The molecule has 7 heteroatoms. The predicted molar refractivity (Wildman–Crippen MR) is 147 cm³/mol. The highest BCUT2D eigenvalue weighted by Crippen LogP contribution is 2.41. The molecule has 3 aromatic rings. The van der Waals surface area contributed by atoms with Crippen LogP contribution in [0.15, 0.2) is 60.7 Å². The Hall–Kier alpha value is -3.84. The molecule has 0 amide bonds. The lowest BCUT2D eigenvalue weighted by Gasteiger charge is -2.38. The molecular formula is C29H33N5O2. The van der Waals surface area contributed by atoms with Crippen LogP contribution in [0.4, 0.5) is 22.7 Å². The van der Waals surface area contributed by atoms with Crippen molar-refractivity contribution in [1.29, 1.82) is 0 Å². The number of nitrogens with one attached hydrogen (secondary N) is 1. The summed E-state index contributed by atoms with van der Waals surface area (Å²) in [5.74, 6) is -0.332. The zero-order chi connectivity index (χ0) is 25.2. The van der Waals surface area contributed by atoms with Crippen LogP contribution in [-0.4, -0.2) is 69.8 Å². The fraction of sp³-hybridized carbons (Fsp3) is 0.310. The first-order valence-corrected chi connectivity index (χ1v) is 12.5. The van der Waals surface area contributed by atoms with Gasteiger partial charge in [0, 0.05) is 55.2 Å². The molecule has 3 aromatic carbocycles. The highest BCUT2D eigenvalue weighted by atomic mass is 16.1. The number of carbonyl (C=O) groups excluding carboxylic acids is 2. The van der Waals surface area contributed by atoms with Crippen LogP contribution in [-0.2, 0) is 0 Å². The maximum Gasteiger partial charge on any atom is 0.196 e. The fourth-order valence-electron chi connectivity index (χ4n) is 5.17. The van der Waals surface area contributed by atoms with Crippen molar-refractivity contribution in [3.63, 3.8) is 0 Å². The Kier molecular flexibility index (Phi) is 6.65. The molecule has 0 unspecified atom stereocenters. The molecule has 0 aromatic heterocycles. The fourth-order valence-corrected chi connectivity index (χ4v) is 5.17. The molecular weight excluding hydrogens is 450 g/mol. The van der Waals surface area contributed by atoms with Gasteiger partial charge in [0.05, 0.1) is 22.5 Å². The minimum absolute atomic E-state index is 0.151. The standard InChI is InChI=1S/C29H33N5O2/c1-32(2)14-8-13-31-23-19-24(34-17-15-33(16-18-34)20-9-4-3-5-10-20)27(30)26-25(23)28(35)21-11-6-7-12-22(21)29(26)36/h3-7,9-12,19,31H,8,13-18,30H2,1-2H3. The Morgan fingerprint density at radius 2 is 1.42 bits per heavy atom. The smallest absolute Gasteiger partial charge is 0.196 e. The number of nitrogens with zero attached hydrogens (tertiary/aromatic N) is 3. The minimum Gasteiger partial charge on any atom is -0.396 e. The molecule has 1 heterocycles. The van der Waals surface area contributed by atoms with Crippen LogP contribution in [0.1, 0.15) is 38.3 Å². The van der Waals surface area contributed by atoms with Gasteiger partial charge in [0.15, 0.2) is 11.6 Å². The van der Waals surface area contributed by atoms with E-state index in [0.717, 1.165) is 44.8 Å². The summed E-state index contributed by atoms with van der Waals surface area (Å²) in [4.78, 5) is 33.9. The topological polar surface area (TPSA) is 81.9 Å². The number of hydrogen-bond donors (Lipinski definition) is 2. The SMILES string of the molecule is CN(C)CCCNc1cc(N2CCN(c3ccccc3)CC2)c(N)c2c1C(=O)c1ccccc1C2=O. The van der Waals surface area contributed by atoms with E-state index in [2.05, 4.69) is 44.3 Å². The van der Waals surface area contributed by atoms with Crippen molar-refractivity contribution in [1.82, 2.24) is 4.90 Å². The molecule has 0 bridgehead atoms. The van der Waals surface area contributed by atoms with E-state index >= 15 is 0 Å². The van der Waals surface area contributed by atoms with Crippen LogP contribution in [0, 0.1) is 0 Å². The zero-order valence-electron chi connectivity index (χ0n) is 21.0. The van der Waals surface area contributed by atoms with Crippen LogP contribution in [0.5, 0.6) is 0 Å². The summed E-state index contributed by atoms with van der Waals surface area (Å²) >= 11 is 0. The van der Waals surface area contributed by atoms with Crippen LogP contribution < -0.4 is 20.9 Å². The molecule has 5 rings (SSSR count). The highest BCUT2D eigenvalue weighted by Gasteiger charge is 2.35. The van der Waals surface area contributed by atoms with E-state index in [0.29, 0.717) is 40.2 Å². The third-order valence-corrected chi connectivity index (χ3v) is 7.06. The second-order valence-electron chi connectivity index (χ2n) is 9.70. The summed E-state index contributed by atoms with van der Waals surface area (Å²) in [5, 5.41) is 3.46. The molecule has 3 N–H and O–H groups in total. The number of nitrogens with two attached hydrogens (primary N) is 1. The molecule has 1 aliphatic carbocycles. The van der Waals surface area contributed by atoms with E-state index in [1.165, 1.54) is 5.69 Å². The number of fused-ring (bicyclic) bond motifs is 2. The number of carbonyl (C=O) groups is 2. The van der Waals surface area contributed by atoms with Gasteiger partial charge in [-0.3, -0.25) is 9.59 Å².